The molecule has 0 fully saturated rings. The Kier molecular flexibility index (Phi) is 5.29. The zero-order valence-electron chi connectivity index (χ0n) is 14.2. The van der Waals surface area contributed by atoms with Gasteiger partial charge in [-0.05, 0) is 62.6 Å². The maximum absolute atomic E-state index is 12.8. The molecule has 0 unspecified atom stereocenters. The zero-order valence-corrected chi connectivity index (χ0v) is 15.0. The standard InChI is InChI=1S/C18H21NO4S/c1-5-23-18(20)15-9-8-14(4)17(11-15)24(21,22)19-16-10-12(2)6-7-13(16)3/h6-11,19H,5H2,1-4H3. The highest BCUT2D eigenvalue weighted by atomic mass is 32.2. The first-order chi connectivity index (χ1) is 11.2. The molecule has 0 aliphatic heterocycles. The molecule has 2 rings (SSSR count). The summed E-state index contributed by atoms with van der Waals surface area (Å²) in [6, 6.07) is 10.1. The normalized spacial score (nSPS) is 11.2. The van der Waals surface area contributed by atoms with Crippen LogP contribution >= 0.6 is 0 Å². The molecule has 128 valence electrons. The highest BCUT2D eigenvalue weighted by Gasteiger charge is 2.20. The summed E-state index contributed by atoms with van der Waals surface area (Å²) in [6.07, 6.45) is 0. The zero-order chi connectivity index (χ0) is 17.9. The molecule has 0 bridgehead atoms. The van der Waals surface area contributed by atoms with Crippen molar-refractivity contribution in [3.8, 4) is 0 Å². The first-order valence-corrected chi connectivity index (χ1v) is 9.10. The Morgan fingerprint density at radius 1 is 1.04 bits per heavy atom. The van der Waals surface area contributed by atoms with Crippen molar-refractivity contribution in [3.05, 3.63) is 58.7 Å². The maximum Gasteiger partial charge on any atom is 0.338 e. The van der Waals surface area contributed by atoms with E-state index in [0.717, 1.165) is 11.1 Å². The lowest BCUT2D eigenvalue weighted by Crippen LogP contribution is -2.16. The molecule has 2 aromatic carbocycles. The molecule has 5 nitrogen and oxygen atoms in total. The van der Waals surface area contributed by atoms with E-state index in [9.17, 15) is 13.2 Å². The van der Waals surface area contributed by atoms with Gasteiger partial charge in [0.2, 0.25) is 0 Å². The van der Waals surface area contributed by atoms with E-state index < -0.39 is 16.0 Å². The van der Waals surface area contributed by atoms with Crippen LogP contribution < -0.4 is 4.72 Å². The number of nitrogens with one attached hydrogen (secondary N) is 1. The van der Waals surface area contributed by atoms with Crippen LogP contribution in [-0.2, 0) is 14.8 Å². The summed E-state index contributed by atoms with van der Waals surface area (Å²) in [5.74, 6) is -0.541. The van der Waals surface area contributed by atoms with Gasteiger partial charge < -0.3 is 4.74 Å². The van der Waals surface area contributed by atoms with E-state index in [1.54, 1.807) is 32.0 Å². The van der Waals surface area contributed by atoms with Crippen molar-refractivity contribution in [1.82, 2.24) is 0 Å². The second-order valence-corrected chi connectivity index (χ2v) is 7.28. The summed E-state index contributed by atoms with van der Waals surface area (Å²) >= 11 is 0. The molecule has 2 aromatic rings. The number of ether oxygens (including phenoxy) is 1. The van der Waals surface area contributed by atoms with E-state index in [0.29, 0.717) is 11.3 Å². The van der Waals surface area contributed by atoms with Gasteiger partial charge in [-0.25, -0.2) is 13.2 Å². The van der Waals surface area contributed by atoms with Crippen LogP contribution in [0.15, 0.2) is 41.3 Å². The summed E-state index contributed by atoms with van der Waals surface area (Å²) < 4.78 is 33.0. The van der Waals surface area contributed by atoms with Gasteiger partial charge in [-0.15, -0.1) is 0 Å². The van der Waals surface area contributed by atoms with Gasteiger partial charge in [0.15, 0.2) is 0 Å². The maximum atomic E-state index is 12.8. The fraction of sp³-hybridized carbons (Fsp3) is 0.278. The molecule has 0 aliphatic rings. The third-order valence-corrected chi connectivity index (χ3v) is 5.13. The van der Waals surface area contributed by atoms with Gasteiger partial charge in [-0.3, -0.25) is 4.72 Å². The predicted octanol–water partition coefficient (Wildman–Crippen LogP) is 3.59. The van der Waals surface area contributed by atoms with Gasteiger partial charge in [-0.2, -0.15) is 0 Å². The van der Waals surface area contributed by atoms with E-state index >= 15 is 0 Å². The van der Waals surface area contributed by atoms with Crippen LogP contribution in [-0.4, -0.2) is 21.0 Å². The quantitative estimate of drug-likeness (QED) is 0.839. The van der Waals surface area contributed by atoms with E-state index in [-0.39, 0.29) is 17.1 Å². The number of hydrogen-bond donors (Lipinski definition) is 1. The summed E-state index contributed by atoms with van der Waals surface area (Å²) in [5.41, 5.74) is 3.07. The largest absolute Gasteiger partial charge is 0.462 e. The van der Waals surface area contributed by atoms with Crippen molar-refractivity contribution < 1.29 is 17.9 Å². The van der Waals surface area contributed by atoms with Crippen molar-refractivity contribution in [2.45, 2.75) is 32.6 Å². The highest BCUT2D eigenvalue weighted by Crippen LogP contribution is 2.24. The van der Waals surface area contributed by atoms with Crippen LogP contribution in [0.3, 0.4) is 0 Å². The van der Waals surface area contributed by atoms with E-state index in [4.69, 9.17) is 4.74 Å². The van der Waals surface area contributed by atoms with Crippen molar-refractivity contribution in [2.24, 2.45) is 0 Å². The highest BCUT2D eigenvalue weighted by molar-refractivity contribution is 7.92. The molecule has 0 atom stereocenters. The topological polar surface area (TPSA) is 72.5 Å². The van der Waals surface area contributed by atoms with Crippen LogP contribution in [0.2, 0.25) is 0 Å². The molecular weight excluding hydrogens is 326 g/mol. The lowest BCUT2D eigenvalue weighted by Gasteiger charge is -2.14. The fourth-order valence-corrected chi connectivity index (χ4v) is 3.67. The number of carbonyl (C=O) groups is 1. The molecule has 1 N–H and O–H groups in total. The Labute approximate surface area is 142 Å². The number of hydrogen-bond acceptors (Lipinski definition) is 4. The molecule has 0 amide bonds. The minimum Gasteiger partial charge on any atom is -0.462 e. The van der Waals surface area contributed by atoms with Crippen molar-refractivity contribution >= 4 is 21.7 Å². The average molecular weight is 347 g/mol. The molecule has 6 heteroatoms. The Balaban J connectivity index is 2.43. The SMILES string of the molecule is CCOC(=O)c1ccc(C)c(S(=O)(=O)Nc2cc(C)ccc2C)c1. The smallest absolute Gasteiger partial charge is 0.338 e. The monoisotopic (exact) mass is 347 g/mol. The number of carbonyl (C=O) groups excluding carboxylic acids is 1. The number of rotatable bonds is 5. The lowest BCUT2D eigenvalue weighted by atomic mass is 10.1. The van der Waals surface area contributed by atoms with Crippen molar-refractivity contribution in [2.75, 3.05) is 11.3 Å². The summed E-state index contributed by atoms with van der Waals surface area (Å²) in [5, 5.41) is 0. The van der Waals surface area contributed by atoms with Crippen LogP contribution in [0.4, 0.5) is 5.69 Å². The number of esters is 1. The number of benzene rings is 2. The first kappa shape index (κ1) is 18.0. The van der Waals surface area contributed by atoms with Crippen LogP contribution in [0.25, 0.3) is 0 Å². The number of sulfonamides is 1. The summed E-state index contributed by atoms with van der Waals surface area (Å²) in [4.78, 5) is 11.9. The van der Waals surface area contributed by atoms with Gasteiger partial charge in [0.25, 0.3) is 10.0 Å². The van der Waals surface area contributed by atoms with Gasteiger partial charge in [0, 0.05) is 0 Å². The summed E-state index contributed by atoms with van der Waals surface area (Å²) in [6.45, 7) is 7.34. The van der Waals surface area contributed by atoms with Crippen molar-refractivity contribution in [3.63, 3.8) is 0 Å². The second kappa shape index (κ2) is 7.05. The third kappa shape index (κ3) is 3.94. The lowest BCUT2D eigenvalue weighted by molar-refractivity contribution is 0.0526. The fourth-order valence-electron chi connectivity index (χ4n) is 2.28. The second-order valence-electron chi connectivity index (χ2n) is 5.62. The molecule has 0 saturated heterocycles. The minimum atomic E-state index is -3.81. The van der Waals surface area contributed by atoms with Crippen LogP contribution in [0.1, 0.15) is 34.0 Å². The van der Waals surface area contributed by atoms with Crippen LogP contribution in [0.5, 0.6) is 0 Å². The first-order valence-electron chi connectivity index (χ1n) is 7.62. The van der Waals surface area contributed by atoms with E-state index in [1.807, 2.05) is 26.0 Å². The number of anilines is 1. The molecule has 24 heavy (non-hydrogen) atoms. The third-order valence-electron chi connectivity index (χ3n) is 3.63. The molecule has 0 spiro atoms. The average Bonchev–Trinajstić information content (AvgIpc) is 2.51. The molecule has 0 heterocycles. The Morgan fingerprint density at radius 2 is 1.71 bits per heavy atom. The summed E-state index contributed by atoms with van der Waals surface area (Å²) in [7, 11) is -3.81. The molecule has 0 aromatic heterocycles. The Bertz CT molecular complexity index is 873. The Hall–Kier alpha value is -2.34. The van der Waals surface area contributed by atoms with Crippen molar-refractivity contribution in [1.29, 1.82) is 0 Å². The van der Waals surface area contributed by atoms with Gasteiger partial charge in [-0.1, -0.05) is 18.2 Å². The predicted molar refractivity (Wildman–Crippen MR) is 93.9 cm³/mol. The van der Waals surface area contributed by atoms with Gasteiger partial charge >= 0.3 is 5.97 Å². The Morgan fingerprint density at radius 3 is 2.38 bits per heavy atom. The number of aryl methyl sites for hydroxylation is 3. The molecule has 0 radical (unpaired) electrons. The molecular formula is C18H21NO4S. The minimum absolute atomic E-state index is 0.0639. The van der Waals surface area contributed by atoms with E-state index in [1.165, 1.54) is 6.07 Å². The van der Waals surface area contributed by atoms with Crippen LogP contribution in [0, 0.1) is 20.8 Å². The molecule has 0 saturated carbocycles. The molecule has 0 aliphatic carbocycles. The van der Waals surface area contributed by atoms with Gasteiger partial charge in [0.1, 0.15) is 0 Å². The van der Waals surface area contributed by atoms with E-state index in [2.05, 4.69) is 4.72 Å². The van der Waals surface area contributed by atoms with Gasteiger partial charge in [0.05, 0.1) is 22.8 Å².